The van der Waals surface area contributed by atoms with Crippen LogP contribution in [0.5, 0.6) is 0 Å². The number of hydrogen-bond acceptors (Lipinski definition) is 4. The predicted molar refractivity (Wildman–Crippen MR) is 41.3 cm³/mol. The van der Waals surface area contributed by atoms with Crippen LogP contribution >= 0.6 is 15.9 Å². The van der Waals surface area contributed by atoms with Crippen molar-refractivity contribution < 1.29 is 20.1 Å². The third kappa shape index (κ3) is 1.73. The van der Waals surface area contributed by atoms with Gasteiger partial charge in [-0.05, 0) is 6.92 Å². The molecular formula is C6H11BrO4. The first-order valence-electron chi connectivity index (χ1n) is 3.37. The fourth-order valence-corrected chi connectivity index (χ4v) is 1.69. The molecule has 0 unspecified atom stereocenters. The van der Waals surface area contributed by atoms with E-state index >= 15 is 0 Å². The molecule has 0 aromatic heterocycles. The normalized spacial score (nSPS) is 52.6. The third-order valence-corrected chi connectivity index (χ3v) is 2.86. The summed E-state index contributed by atoms with van der Waals surface area (Å²) in [4.78, 5) is -0.527. The Hall–Kier alpha value is 0.320. The van der Waals surface area contributed by atoms with E-state index < -0.39 is 29.4 Å². The van der Waals surface area contributed by atoms with E-state index in [1.807, 2.05) is 0 Å². The van der Waals surface area contributed by atoms with Crippen molar-refractivity contribution in [1.82, 2.24) is 0 Å². The lowest BCUT2D eigenvalue weighted by Gasteiger charge is -2.36. The molecule has 1 aliphatic rings. The van der Waals surface area contributed by atoms with E-state index in [9.17, 15) is 5.11 Å². The number of hydrogen-bond donors (Lipinski definition) is 3. The summed E-state index contributed by atoms with van der Waals surface area (Å²) in [6.45, 7) is 1.63. The minimum atomic E-state index is -1.21. The van der Waals surface area contributed by atoms with Crippen LogP contribution in [0, 0.1) is 0 Å². The van der Waals surface area contributed by atoms with Gasteiger partial charge in [0.05, 0.1) is 17.0 Å². The molecule has 5 heteroatoms. The summed E-state index contributed by atoms with van der Waals surface area (Å²) < 4.78 is 4.81. The van der Waals surface area contributed by atoms with Crippen molar-refractivity contribution in [2.45, 2.75) is 36.4 Å². The van der Waals surface area contributed by atoms with Crippen molar-refractivity contribution in [2.24, 2.45) is 0 Å². The maximum absolute atomic E-state index is 9.29. The Bertz CT molecular complexity index is 129. The van der Waals surface area contributed by atoms with Crippen molar-refractivity contribution >= 4 is 15.9 Å². The monoisotopic (exact) mass is 226 g/mol. The van der Waals surface area contributed by atoms with Crippen LogP contribution in [0.3, 0.4) is 0 Å². The lowest BCUT2D eigenvalue weighted by atomic mass is 10.0. The molecule has 1 heterocycles. The van der Waals surface area contributed by atoms with E-state index in [4.69, 9.17) is 14.9 Å². The Balaban J connectivity index is 2.63. The second kappa shape index (κ2) is 3.37. The Kier molecular flexibility index (Phi) is 2.88. The smallest absolute Gasteiger partial charge is 0.182 e. The Morgan fingerprint density at radius 2 is 1.73 bits per heavy atom. The van der Waals surface area contributed by atoms with Gasteiger partial charge >= 0.3 is 0 Å². The van der Waals surface area contributed by atoms with E-state index in [1.54, 1.807) is 6.92 Å². The van der Waals surface area contributed by atoms with Gasteiger partial charge in [0.25, 0.3) is 0 Å². The topological polar surface area (TPSA) is 69.9 Å². The van der Waals surface area contributed by atoms with E-state index in [0.717, 1.165) is 0 Å². The Morgan fingerprint density at radius 1 is 1.18 bits per heavy atom. The van der Waals surface area contributed by atoms with Gasteiger partial charge in [-0.25, -0.2) is 0 Å². The van der Waals surface area contributed by atoms with Gasteiger partial charge in [-0.2, -0.15) is 0 Å². The van der Waals surface area contributed by atoms with Gasteiger partial charge < -0.3 is 20.1 Å². The van der Waals surface area contributed by atoms with Gasteiger partial charge in [0.1, 0.15) is 6.10 Å². The molecule has 1 saturated heterocycles. The second-order valence-corrected chi connectivity index (χ2v) is 3.71. The number of aliphatic hydroxyl groups is 3. The molecule has 0 spiro atoms. The average Bonchev–Trinajstić information content (AvgIpc) is 1.97. The first kappa shape index (κ1) is 9.41. The second-order valence-electron chi connectivity index (χ2n) is 2.66. The maximum Gasteiger partial charge on any atom is 0.182 e. The van der Waals surface area contributed by atoms with E-state index in [2.05, 4.69) is 15.9 Å². The van der Waals surface area contributed by atoms with Gasteiger partial charge in [0.15, 0.2) is 6.29 Å². The van der Waals surface area contributed by atoms with Crippen molar-refractivity contribution in [3.05, 3.63) is 0 Å². The molecule has 11 heavy (non-hydrogen) atoms. The van der Waals surface area contributed by atoms with E-state index in [-0.39, 0.29) is 0 Å². The number of ether oxygens (including phenoxy) is 1. The number of alkyl halides is 1. The highest BCUT2D eigenvalue weighted by Crippen LogP contribution is 2.24. The van der Waals surface area contributed by atoms with Crippen molar-refractivity contribution in [1.29, 1.82) is 0 Å². The molecule has 0 aliphatic carbocycles. The molecular weight excluding hydrogens is 216 g/mol. The minimum absolute atomic E-state index is 0.460. The van der Waals surface area contributed by atoms with E-state index in [1.165, 1.54) is 0 Å². The Labute approximate surface area is 72.9 Å². The van der Waals surface area contributed by atoms with Crippen LogP contribution in [0.1, 0.15) is 6.92 Å². The zero-order valence-electron chi connectivity index (χ0n) is 6.01. The predicted octanol–water partition coefficient (Wildman–Crippen LogP) is -0.791. The SMILES string of the molecule is C[C@@H]1O[C@@H](O)[C@H](O)[C@@H](Br)[C@@H]1O. The van der Waals surface area contributed by atoms with E-state index in [0.29, 0.717) is 0 Å². The summed E-state index contributed by atoms with van der Waals surface area (Å²) in [5.41, 5.74) is 0. The van der Waals surface area contributed by atoms with Gasteiger partial charge in [0, 0.05) is 0 Å². The summed E-state index contributed by atoms with van der Waals surface area (Å²) in [6, 6.07) is 0. The highest BCUT2D eigenvalue weighted by atomic mass is 79.9. The largest absolute Gasteiger partial charge is 0.389 e. The molecule has 66 valence electrons. The molecule has 0 saturated carbocycles. The fourth-order valence-electron chi connectivity index (χ4n) is 0.999. The summed E-state index contributed by atoms with van der Waals surface area (Å²) in [5, 5.41) is 27.5. The molecule has 0 amide bonds. The van der Waals surface area contributed by atoms with Crippen molar-refractivity contribution in [3.8, 4) is 0 Å². The zero-order chi connectivity index (χ0) is 8.59. The summed E-state index contributed by atoms with van der Waals surface area (Å²) >= 11 is 3.06. The van der Waals surface area contributed by atoms with Crippen molar-refractivity contribution in [2.75, 3.05) is 0 Å². The molecule has 0 radical (unpaired) electrons. The molecule has 5 atom stereocenters. The lowest BCUT2D eigenvalue weighted by molar-refractivity contribution is -0.236. The standard InChI is InChI=1S/C6H11BrO4/c1-2-4(8)3(7)5(9)6(10)11-2/h2-6,8-10H,1H3/t2-,3-,4+,5+,6+/m0/s1. The lowest BCUT2D eigenvalue weighted by Crippen LogP contribution is -2.53. The molecule has 0 bridgehead atoms. The third-order valence-electron chi connectivity index (χ3n) is 1.78. The fraction of sp³-hybridized carbons (Fsp3) is 1.00. The van der Waals surface area contributed by atoms with Crippen LogP contribution in [0.15, 0.2) is 0 Å². The molecule has 4 nitrogen and oxygen atoms in total. The molecule has 1 rings (SSSR count). The molecule has 0 aromatic rings. The summed E-state index contributed by atoms with van der Waals surface area (Å²) in [6.07, 6.45) is -3.52. The maximum atomic E-state index is 9.29. The molecule has 1 fully saturated rings. The van der Waals surface area contributed by atoms with Gasteiger partial charge in [-0.15, -0.1) is 0 Å². The average molecular weight is 227 g/mol. The Morgan fingerprint density at radius 3 is 2.27 bits per heavy atom. The van der Waals surface area contributed by atoms with Crippen LogP contribution in [0.2, 0.25) is 0 Å². The molecule has 0 aromatic carbocycles. The van der Waals surface area contributed by atoms with Crippen LogP contribution in [-0.2, 0) is 4.74 Å². The van der Waals surface area contributed by atoms with Crippen LogP contribution in [0.4, 0.5) is 0 Å². The van der Waals surface area contributed by atoms with Gasteiger partial charge in [-0.3, -0.25) is 0 Å². The first-order chi connectivity index (χ1) is 5.04. The van der Waals surface area contributed by atoms with Gasteiger partial charge in [-0.1, -0.05) is 15.9 Å². The highest BCUT2D eigenvalue weighted by molar-refractivity contribution is 9.09. The van der Waals surface area contributed by atoms with Crippen LogP contribution in [0.25, 0.3) is 0 Å². The van der Waals surface area contributed by atoms with Crippen LogP contribution < -0.4 is 0 Å². The quantitative estimate of drug-likeness (QED) is 0.474. The highest BCUT2D eigenvalue weighted by Gasteiger charge is 2.40. The minimum Gasteiger partial charge on any atom is -0.389 e. The number of halogens is 1. The summed E-state index contributed by atoms with van der Waals surface area (Å²) in [5.74, 6) is 0. The summed E-state index contributed by atoms with van der Waals surface area (Å²) in [7, 11) is 0. The number of rotatable bonds is 0. The molecule has 3 N–H and O–H groups in total. The van der Waals surface area contributed by atoms with Gasteiger partial charge in [0.2, 0.25) is 0 Å². The zero-order valence-corrected chi connectivity index (χ0v) is 7.60. The number of aliphatic hydroxyl groups excluding tert-OH is 3. The van der Waals surface area contributed by atoms with Crippen molar-refractivity contribution in [3.63, 3.8) is 0 Å². The molecule has 1 aliphatic heterocycles. The first-order valence-corrected chi connectivity index (χ1v) is 4.29. The van der Waals surface area contributed by atoms with Crippen LogP contribution in [-0.4, -0.2) is 44.7 Å².